The van der Waals surface area contributed by atoms with Gasteiger partial charge in [-0.25, -0.2) is 0 Å². The van der Waals surface area contributed by atoms with E-state index in [0.717, 1.165) is 18.4 Å². The lowest BCUT2D eigenvalue weighted by molar-refractivity contribution is 0.191. The van der Waals surface area contributed by atoms with Gasteiger partial charge in [-0.2, -0.15) is 0 Å². The van der Waals surface area contributed by atoms with Crippen LogP contribution in [0.1, 0.15) is 77.0 Å². The molecule has 2 aliphatic carbocycles. The van der Waals surface area contributed by atoms with E-state index in [4.69, 9.17) is 4.74 Å². The molecule has 0 radical (unpaired) electrons. The molecule has 0 aromatic rings. The van der Waals surface area contributed by atoms with Crippen LogP contribution in [0.5, 0.6) is 0 Å². The lowest BCUT2D eigenvalue weighted by atomic mass is 9.76. The van der Waals surface area contributed by atoms with E-state index in [1.807, 2.05) is 0 Å². The monoisotopic (exact) mass is 290 g/mol. The third kappa shape index (κ3) is 6.38. The first kappa shape index (κ1) is 16.8. The predicted molar refractivity (Wildman–Crippen MR) is 91.5 cm³/mol. The van der Waals surface area contributed by atoms with Crippen LogP contribution in [0.4, 0.5) is 0 Å². The quantitative estimate of drug-likeness (QED) is 0.469. The fourth-order valence-electron chi connectivity index (χ4n) is 3.93. The average molecular weight is 290 g/mol. The summed E-state index contributed by atoms with van der Waals surface area (Å²) >= 11 is 0. The highest BCUT2D eigenvalue weighted by atomic mass is 16.5. The molecule has 0 spiro atoms. The minimum atomic E-state index is 0.881. The number of rotatable bonds is 9. The van der Waals surface area contributed by atoms with Gasteiger partial charge in [0.2, 0.25) is 0 Å². The van der Waals surface area contributed by atoms with E-state index < -0.39 is 0 Å². The zero-order valence-corrected chi connectivity index (χ0v) is 14.0. The fourth-order valence-corrected chi connectivity index (χ4v) is 3.93. The number of hydrogen-bond acceptors (Lipinski definition) is 1. The predicted octanol–water partition coefficient (Wildman–Crippen LogP) is 6.06. The molecule has 1 saturated carbocycles. The third-order valence-electron chi connectivity index (χ3n) is 5.30. The van der Waals surface area contributed by atoms with Crippen molar-refractivity contribution >= 4 is 0 Å². The SMILES string of the molecule is COCCCCCCCC1CCC(C2=CCCC=C2)CC1. The van der Waals surface area contributed by atoms with Gasteiger partial charge in [0.05, 0.1) is 0 Å². The molecule has 0 unspecified atom stereocenters. The molecule has 2 rings (SSSR count). The molecule has 0 amide bonds. The minimum Gasteiger partial charge on any atom is -0.385 e. The van der Waals surface area contributed by atoms with Crippen molar-refractivity contribution < 1.29 is 4.74 Å². The second-order valence-electron chi connectivity index (χ2n) is 6.95. The average Bonchev–Trinajstić information content (AvgIpc) is 2.55. The van der Waals surface area contributed by atoms with Crippen LogP contribution in [0.3, 0.4) is 0 Å². The third-order valence-corrected chi connectivity index (χ3v) is 5.30. The molecular formula is C20H34O. The molecule has 0 aromatic carbocycles. The van der Waals surface area contributed by atoms with Crippen LogP contribution < -0.4 is 0 Å². The lowest BCUT2D eigenvalue weighted by Crippen LogP contribution is -2.16. The highest BCUT2D eigenvalue weighted by molar-refractivity contribution is 5.25. The van der Waals surface area contributed by atoms with E-state index in [9.17, 15) is 0 Å². The van der Waals surface area contributed by atoms with Crippen molar-refractivity contribution in [1.82, 2.24) is 0 Å². The Balaban J connectivity index is 1.51. The fraction of sp³-hybridized carbons (Fsp3) is 0.800. The van der Waals surface area contributed by atoms with Crippen molar-refractivity contribution in [3.8, 4) is 0 Å². The van der Waals surface area contributed by atoms with Gasteiger partial charge in [-0.1, -0.05) is 50.3 Å². The zero-order chi connectivity index (χ0) is 14.8. The van der Waals surface area contributed by atoms with Gasteiger partial charge in [-0.05, 0) is 62.4 Å². The standard InChI is InChI=1S/C20H34O/c1-21-17-9-4-2-3-6-10-18-13-15-20(16-14-18)19-11-7-5-8-12-19/h7,11-12,18,20H,2-6,8-10,13-17H2,1H3. The molecule has 0 saturated heterocycles. The van der Waals surface area contributed by atoms with Crippen molar-refractivity contribution in [2.75, 3.05) is 13.7 Å². The molecule has 2 aliphatic rings. The largest absolute Gasteiger partial charge is 0.385 e. The van der Waals surface area contributed by atoms with Crippen LogP contribution in [0.15, 0.2) is 23.8 Å². The second kappa shape index (κ2) is 10.2. The summed E-state index contributed by atoms with van der Waals surface area (Å²) < 4.78 is 5.09. The van der Waals surface area contributed by atoms with Gasteiger partial charge in [0, 0.05) is 13.7 Å². The highest BCUT2D eigenvalue weighted by Gasteiger charge is 2.22. The molecule has 0 N–H and O–H groups in total. The molecule has 0 bridgehead atoms. The van der Waals surface area contributed by atoms with Crippen LogP contribution in [0.2, 0.25) is 0 Å². The summed E-state index contributed by atoms with van der Waals surface area (Å²) in [5, 5.41) is 0. The van der Waals surface area contributed by atoms with Crippen molar-refractivity contribution in [3.63, 3.8) is 0 Å². The van der Waals surface area contributed by atoms with Crippen molar-refractivity contribution in [2.24, 2.45) is 11.8 Å². The molecule has 0 aliphatic heterocycles. The van der Waals surface area contributed by atoms with Gasteiger partial charge in [-0.15, -0.1) is 0 Å². The summed E-state index contributed by atoms with van der Waals surface area (Å²) in [5.41, 5.74) is 1.65. The molecule has 0 aromatic heterocycles. The molecule has 1 fully saturated rings. The summed E-state index contributed by atoms with van der Waals surface area (Å²) in [5.74, 6) is 1.90. The molecule has 1 nitrogen and oxygen atoms in total. The summed E-state index contributed by atoms with van der Waals surface area (Å²) in [6.07, 6.45) is 23.9. The first-order valence-corrected chi connectivity index (χ1v) is 9.25. The van der Waals surface area contributed by atoms with Crippen LogP contribution in [0.25, 0.3) is 0 Å². The number of hydrogen-bond donors (Lipinski definition) is 0. The summed E-state index contributed by atoms with van der Waals surface area (Å²) in [7, 11) is 1.80. The van der Waals surface area contributed by atoms with Crippen LogP contribution in [0, 0.1) is 11.8 Å². The van der Waals surface area contributed by atoms with Crippen molar-refractivity contribution in [2.45, 2.75) is 77.0 Å². The second-order valence-corrected chi connectivity index (χ2v) is 6.95. The van der Waals surface area contributed by atoms with E-state index in [0.29, 0.717) is 0 Å². The van der Waals surface area contributed by atoms with Gasteiger partial charge < -0.3 is 4.74 Å². The van der Waals surface area contributed by atoms with Crippen molar-refractivity contribution in [3.05, 3.63) is 23.8 Å². The molecule has 0 heterocycles. The van der Waals surface area contributed by atoms with Gasteiger partial charge >= 0.3 is 0 Å². The summed E-state index contributed by atoms with van der Waals surface area (Å²) in [6.45, 7) is 0.939. The number of unbranched alkanes of at least 4 members (excludes halogenated alkanes) is 4. The van der Waals surface area contributed by atoms with E-state index in [1.54, 1.807) is 12.7 Å². The zero-order valence-electron chi connectivity index (χ0n) is 14.0. The molecular weight excluding hydrogens is 256 g/mol. The van der Waals surface area contributed by atoms with Crippen LogP contribution in [-0.4, -0.2) is 13.7 Å². The normalized spacial score (nSPS) is 25.9. The van der Waals surface area contributed by atoms with E-state index >= 15 is 0 Å². The maximum atomic E-state index is 5.09. The summed E-state index contributed by atoms with van der Waals surface area (Å²) in [6, 6.07) is 0. The Morgan fingerprint density at radius 3 is 2.43 bits per heavy atom. The van der Waals surface area contributed by atoms with Crippen LogP contribution >= 0.6 is 0 Å². The first-order valence-electron chi connectivity index (χ1n) is 9.25. The highest BCUT2D eigenvalue weighted by Crippen LogP contribution is 2.37. The van der Waals surface area contributed by atoms with Crippen molar-refractivity contribution in [1.29, 1.82) is 0 Å². The minimum absolute atomic E-state index is 0.881. The Morgan fingerprint density at radius 2 is 1.71 bits per heavy atom. The lowest BCUT2D eigenvalue weighted by Gasteiger charge is -2.30. The van der Waals surface area contributed by atoms with Gasteiger partial charge in [0.1, 0.15) is 0 Å². The number of methoxy groups -OCH3 is 1. The summed E-state index contributed by atoms with van der Waals surface area (Å²) in [4.78, 5) is 0. The van der Waals surface area contributed by atoms with Gasteiger partial charge in [0.15, 0.2) is 0 Å². The van der Waals surface area contributed by atoms with Crippen LogP contribution in [-0.2, 0) is 4.74 Å². The molecule has 1 heteroatoms. The maximum Gasteiger partial charge on any atom is 0.0462 e. The Morgan fingerprint density at radius 1 is 0.952 bits per heavy atom. The molecule has 21 heavy (non-hydrogen) atoms. The maximum absolute atomic E-state index is 5.09. The van der Waals surface area contributed by atoms with Gasteiger partial charge in [0.25, 0.3) is 0 Å². The smallest absolute Gasteiger partial charge is 0.0462 e. The van der Waals surface area contributed by atoms with E-state index in [-0.39, 0.29) is 0 Å². The molecule has 0 atom stereocenters. The Bertz CT molecular complexity index is 321. The van der Waals surface area contributed by atoms with E-state index in [2.05, 4.69) is 18.2 Å². The Labute approximate surface area is 131 Å². The topological polar surface area (TPSA) is 9.23 Å². The Kier molecular flexibility index (Phi) is 8.17. The van der Waals surface area contributed by atoms with E-state index in [1.165, 1.54) is 77.0 Å². The Hall–Kier alpha value is -0.560. The number of allylic oxidation sites excluding steroid dienone is 4. The molecule has 120 valence electrons. The van der Waals surface area contributed by atoms with Gasteiger partial charge in [-0.3, -0.25) is 0 Å². The number of ether oxygens (including phenoxy) is 1. The first-order chi connectivity index (χ1) is 10.4.